The van der Waals surface area contributed by atoms with Gasteiger partial charge in [0.05, 0.1) is 6.54 Å². The standard InChI is InChI=1S/C28H37N7OS/c1-20-15-21(2)19-35(18-20)26-16-25(34-13-11-33(12-14-34)23-7-5-4-6-8-23)30-27(31-26)32-28(37)29-17-24-10-9-22(3)36-24/h4-10,16,20-21H,11-15,17-19H2,1-3H3,(H2,29,30,31,32,37)/t20-,21+. The van der Waals surface area contributed by atoms with Gasteiger partial charge in [0, 0.05) is 51.0 Å². The van der Waals surface area contributed by atoms with Crippen LogP contribution in [0.5, 0.6) is 0 Å². The molecule has 0 aliphatic carbocycles. The lowest BCUT2D eigenvalue weighted by molar-refractivity contribution is 0.355. The molecule has 2 aliphatic heterocycles. The average Bonchev–Trinajstić information content (AvgIpc) is 3.32. The molecular weight excluding hydrogens is 482 g/mol. The number of piperidine rings is 1. The van der Waals surface area contributed by atoms with Gasteiger partial charge in [0.2, 0.25) is 5.95 Å². The summed E-state index contributed by atoms with van der Waals surface area (Å²) in [5, 5.41) is 6.92. The van der Waals surface area contributed by atoms with Crippen LogP contribution in [0, 0.1) is 18.8 Å². The molecule has 8 nitrogen and oxygen atoms in total. The van der Waals surface area contributed by atoms with E-state index >= 15 is 0 Å². The first-order valence-corrected chi connectivity index (χ1v) is 13.6. The molecule has 3 aromatic rings. The normalized spacial score (nSPS) is 20.1. The van der Waals surface area contributed by atoms with Crippen molar-refractivity contribution in [3.8, 4) is 0 Å². The van der Waals surface area contributed by atoms with Crippen molar-refractivity contribution < 1.29 is 4.42 Å². The van der Waals surface area contributed by atoms with E-state index in [1.807, 2.05) is 19.1 Å². The molecule has 0 amide bonds. The number of aryl methyl sites for hydroxylation is 1. The van der Waals surface area contributed by atoms with Crippen LogP contribution in [0.2, 0.25) is 0 Å². The summed E-state index contributed by atoms with van der Waals surface area (Å²) in [6.07, 6.45) is 1.25. The predicted molar refractivity (Wildman–Crippen MR) is 155 cm³/mol. The van der Waals surface area contributed by atoms with Gasteiger partial charge in [0.1, 0.15) is 23.2 Å². The van der Waals surface area contributed by atoms with Crippen LogP contribution < -0.4 is 25.3 Å². The minimum absolute atomic E-state index is 0.478. The number of hydrogen-bond donors (Lipinski definition) is 2. The Morgan fingerprint density at radius 1 is 0.919 bits per heavy atom. The number of thiocarbonyl (C=S) groups is 1. The smallest absolute Gasteiger partial charge is 0.232 e. The number of piperazine rings is 1. The lowest BCUT2D eigenvalue weighted by Crippen LogP contribution is -2.47. The van der Waals surface area contributed by atoms with Gasteiger partial charge in [-0.05, 0) is 61.7 Å². The van der Waals surface area contributed by atoms with Gasteiger partial charge < -0.3 is 29.8 Å². The lowest BCUT2D eigenvalue weighted by Gasteiger charge is -2.38. The van der Waals surface area contributed by atoms with E-state index in [2.05, 4.69) is 75.6 Å². The van der Waals surface area contributed by atoms with Gasteiger partial charge in [-0.3, -0.25) is 0 Å². The number of rotatable bonds is 6. The van der Waals surface area contributed by atoms with Gasteiger partial charge in [-0.2, -0.15) is 9.97 Å². The first kappa shape index (κ1) is 25.3. The third-order valence-electron chi connectivity index (χ3n) is 7.06. The molecule has 0 spiro atoms. The van der Waals surface area contributed by atoms with Crippen molar-refractivity contribution in [2.24, 2.45) is 11.8 Å². The van der Waals surface area contributed by atoms with Crippen molar-refractivity contribution in [3.63, 3.8) is 0 Å². The molecule has 4 heterocycles. The molecule has 5 rings (SSSR count). The Bertz CT molecular complexity index is 1180. The Morgan fingerprint density at radius 3 is 2.22 bits per heavy atom. The summed E-state index contributed by atoms with van der Waals surface area (Å²) >= 11 is 5.57. The van der Waals surface area contributed by atoms with E-state index in [4.69, 9.17) is 26.6 Å². The van der Waals surface area contributed by atoms with Gasteiger partial charge in [0.15, 0.2) is 5.11 Å². The summed E-state index contributed by atoms with van der Waals surface area (Å²) < 4.78 is 5.64. The number of anilines is 4. The fourth-order valence-electron chi connectivity index (χ4n) is 5.38. The zero-order chi connectivity index (χ0) is 25.8. The number of aromatic nitrogens is 2. The molecule has 9 heteroatoms. The molecular formula is C28H37N7OS. The molecule has 2 fully saturated rings. The Balaban J connectivity index is 1.32. The highest BCUT2D eigenvalue weighted by molar-refractivity contribution is 7.80. The SMILES string of the molecule is Cc1ccc(CNC(=S)Nc2nc(N3CCN(c4ccccc4)CC3)cc(N3C[C@H](C)C[C@H](C)C3)n2)o1. The second-order valence-electron chi connectivity index (χ2n) is 10.4. The van der Waals surface area contributed by atoms with E-state index in [-0.39, 0.29) is 0 Å². The summed E-state index contributed by atoms with van der Waals surface area (Å²) in [4.78, 5) is 17.0. The molecule has 0 unspecified atom stereocenters. The topological polar surface area (TPSA) is 72.7 Å². The zero-order valence-electron chi connectivity index (χ0n) is 22.0. The van der Waals surface area contributed by atoms with Crippen LogP contribution in [0.1, 0.15) is 31.8 Å². The molecule has 2 saturated heterocycles. The summed E-state index contributed by atoms with van der Waals surface area (Å²) in [6.45, 7) is 12.8. The van der Waals surface area contributed by atoms with E-state index in [0.29, 0.717) is 29.4 Å². The maximum Gasteiger partial charge on any atom is 0.232 e. The number of nitrogens with one attached hydrogen (secondary N) is 2. The zero-order valence-corrected chi connectivity index (χ0v) is 22.8. The van der Waals surface area contributed by atoms with E-state index < -0.39 is 0 Å². The molecule has 1 aromatic carbocycles. The minimum atomic E-state index is 0.478. The molecule has 2 atom stereocenters. The van der Waals surface area contributed by atoms with Crippen molar-refractivity contribution in [2.75, 3.05) is 59.3 Å². The van der Waals surface area contributed by atoms with E-state index in [1.54, 1.807) is 0 Å². The van der Waals surface area contributed by atoms with Crippen molar-refractivity contribution in [1.82, 2.24) is 15.3 Å². The fourth-order valence-corrected chi connectivity index (χ4v) is 5.54. The number of nitrogens with zero attached hydrogens (tertiary/aromatic N) is 5. The highest BCUT2D eigenvalue weighted by Crippen LogP contribution is 2.29. The fraction of sp³-hybridized carbons (Fsp3) is 0.464. The molecule has 2 aromatic heterocycles. The molecule has 0 radical (unpaired) electrons. The Hall–Kier alpha value is -3.33. The van der Waals surface area contributed by atoms with Crippen molar-refractivity contribution in [2.45, 2.75) is 33.7 Å². The molecule has 196 valence electrons. The molecule has 0 bridgehead atoms. The Morgan fingerprint density at radius 2 is 1.57 bits per heavy atom. The highest BCUT2D eigenvalue weighted by Gasteiger charge is 2.25. The van der Waals surface area contributed by atoms with Crippen molar-refractivity contribution >= 4 is 40.6 Å². The van der Waals surface area contributed by atoms with Crippen LogP contribution in [0.15, 0.2) is 52.9 Å². The summed E-state index contributed by atoms with van der Waals surface area (Å²) in [5.74, 6) is 5.41. The van der Waals surface area contributed by atoms with Crippen molar-refractivity contribution in [3.05, 3.63) is 60.1 Å². The van der Waals surface area contributed by atoms with Crippen molar-refractivity contribution in [1.29, 1.82) is 0 Å². The van der Waals surface area contributed by atoms with E-state index in [9.17, 15) is 0 Å². The third-order valence-corrected chi connectivity index (χ3v) is 7.31. The Labute approximate surface area is 225 Å². The van der Waals surface area contributed by atoms with Gasteiger partial charge in [0.25, 0.3) is 0 Å². The highest BCUT2D eigenvalue weighted by atomic mass is 32.1. The largest absolute Gasteiger partial charge is 0.465 e. The third kappa shape index (κ3) is 6.52. The minimum Gasteiger partial charge on any atom is -0.465 e. The van der Waals surface area contributed by atoms with Gasteiger partial charge in [-0.25, -0.2) is 0 Å². The van der Waals surface area contributed by atoms with E-state index in [0.717, 1.165) is 62.4 Å². The first-order valence-electron chi connectivity index (χ1n) is 13.2. The predicted octanol–water partition coefficient (Wildman–Crippen LogP) is 4.67. The second kappa shape index (κ2) is 11.4. The van der Waals surface area contributed by atoms with Crippen LogP contribution in [0.3, 0.4) is 0 Å². The van der Waals surface area contributed by atoms with Crippen LogP contribution in [0.4, 0.5) is 23.3 Å². The van der Waals surface area contributed by atoms with E-state index in [1.165, 1.54) is 12.1 Å². The first-order chi connectivity index (χ1) is 17.9. The maximum atomic E-state index is 5.64. The van der Waals surface area contributed by atoms with Gasteiger partial charge in [-0.1, -0.05) is 32.0 Å². The summed E-state index contributed by atoms with van der Waals surface area (Å²) in [6, 6.07) is 16.7. The number of para-hydroxylation sites is 1. The molecule has 0 saturated carbocycles. The second-order valence-corrected chi connectivity index (χ2v) is 10.8. The summed E-state index contributed by atoms with van der Waals surface area (Å²) in [5.41, 5.74) is 1.27. The molecule has 2 N–H and O–H groups in total. The number of hydrogen-bond acceptors (Lipinski definition) is 7. The lowest BCUT2D eigenvalue weighted by atomic mass is 9.92. The molecule has 37 heavy (non-hydrogen) atoms. The number of furan rings is 1. The maximum absolute atomic E-state index is 5.64. The monoisotopic (exact) mass is 519 g/mol. The van der Waals surface area contributed by atoms with Crippen LogP contribution >= 0.6 is 12.2 Å². The summed E-state index contributed by atoms with van der Waals surface area (Å²) in [7, 11) is 0. The molecule has 2 aliphatic rings. The quantitative estimate of drug-likeness (QED) is 0.452. The van der Waals surface area contributed by atoms with Crippen LogP contribution in [-0.4, -0.2) is 54.3 Å². The number of benzene rings is 1. The van der Waals surface area contributed by atoms with Gasteiger partial charge >= 0.3 is 0 Å². The van der Waals surface area contributed by atoms with Crippen LogP contribution in [0.25, 0.3) is 0 Å². The Kier molecular flexibility index (Phi) is 7.79. The van der Waals surface area contributed by atoms with Crippen LogP contribution in [-0.2, 0) is 6.54 Å². The average molecular weight is 520 g/mol. The van der Waals surface area contributed by atoms with Gasteiger partial charge in [-0.15, -0.1) is 0 Å².